The van der Waals surface area contributed by atoms with Crippen molar-refractivity contribution in [1.29, 1.82) is 0 Å². The minimum atomic E-state index is -3.00. The molecule has 1 unspecified atom stereocenters. The van der Waals surface area contributed by atoms with Crippen molar-refractivity contribution in [1.82, 2.24) is 9.88 Å². The van der Waals surface area contributed by atoms with E-state index in [-0.39, 0.29) is 23.5 Å². The van der Waals surface area contributed by atoms with Crippen molar-refractivity contribution in [3.63, 3.8) is 0 Å². The summed E-state index contributed by atoms with van der Waals surface area (Å²) < 4.78 is 23.4. The maximum absolute atomic E-state index is 12.8. The summed E-state index contributed by atoms with van der Waals surface area (Å²) in [6, 6.07) is 9.36. The summed E-state index contributed by atoms with van der Waals surface area (Å²) in [5, 5.41) is 0.987. The molecule has 0 aliphatic carbocycles. The number of aromatic amines is 1. The third-order valence-electron chi connectivity index (χ3n) is 4.13. The average Bonchev–Trinajstić information content (AvgIpc) is 3.07. The largest absolute Gasteiger partial charge is 0.351 e. The number of H-pyrrole nitrogens is 1. The molecule has 0 spiro atoms. The summed E-state index contributed by atoms with van der Waals surface area (Å²) >= 11 is 0. The Morgan fingerprint density at radius 1 is 1.36 bits per heavy atom. The quantitative estimate of drug-likeness (QED) is 0.939. The molecule has 5 nitrogen and oxygen atoms in total. The van der Waals surface area contributed by atoms with Crippen LogP contribution in [-0.2, 0) is 9.84 Å². The molecule has 1 atom stereocenters. The molecule has 1 amide bonds. The highest BCUT2D eigenvalue weighted by Crippen LogP contribution is 2.22. The molecular weight excluding hydrogens is 300 g/mol. The van der Waals surface area contributed by atoms with Gasteiger partial charge < -0.3 is 9.88 Å². The zero-order chi connectivity index (χ0) is 15.7. The van der Waals surface area contributed by atoms with Crippen molar-refractivity contribution in [2.45, 2.75) is 25.8 Å². The lowest BCUT2D eigenvalue weighted by atomic mass is 10.2. The normalized spacial score (nSPS) is 20.3. The first kappa shape index (κ1) is 15.1. The second kappa shape index (κ2) is 5.76. The van der Waals surface area contributed by atoms with Crippen molar-refractivity contribution >= 4 is 26.6 Å². The van der Waals surface area contributed by atoms with Crippen molar-refractivity contribution in [2.75, 3.05) is 18.1 Å². The lowest BCUT2D eigenvalue weighted by Gasteiger charge is -2.27. The van der Waals surface area contributed by atoms with Crippen molar-refractivity contribution in [3.05, 3.63) is 36.0 Å². The van der Waals surface area contributed by atoms with Crippen LogP contribution in [-0.4, -0.2) is 48.3 Å². The van der Waals surface area contributed by atoms with Gasteiger partial charge in [0.1, 0.15) is 5.69 Å². The van der Waals surface area contributed by atoms with E-state index < -0.39 is 9.84 Å². The Morgan fingerprint density at radius 2 is 2.14 bits per heavy atom. The van der Waals surface area contributed by atoms with E-state index in [1.54, 1.807) is 4.90 Å². The van der Waals surface area contributed by atoms with Gasteiger partial charge in [-0.1, -0.05) is 25.1 Å². The Bertz CT molecular complexity index is 762. The van der Waals surface area contributed by atoms with Gasteiger partial charge in [0.05, 0.1) is 11.5 Å². The number of hydrogen-bond donors (Lipinski definition) is 1. The summed E-state index contributed by atoms with van der Waals surface area (Å²) in [6.45, 7) is 2.57. The van der Waals surface area contributed by atoms with Gasteiger partial charge in [-0.05, 0) is 25.0 Å². The summed E-state index contributed by atoms with van der Waals surface area (Å²) in [7, 11) is -3.00. The van der Waals surface area contributed by atoms with Crippen LogP contribution in [0.5, 0.6) is 0 Å². The molecule has 2 heterocycles. The molecule has 118 valence electrons. The fourth-order valence-electron chi connectivity index (χ4n) is 3.06. The van der Waals surface area contributed by atoms with E-state index >= 15 is 0 Å². The highest BCUT2D eigenvalue weighted by molar-refractivity contribution is 7.91. The summed E-state index contributed by atoms with van der Waals surface area (Å²) in [6.07, 6.45) is 1.34. The Hall–Kier alpha value is -1.82. The topological polar surface area (TPSA) is 70.2 Å². The monoisotopic (exact) mass is 320 g/mol. The molecule has 1 aromatic heterocycles. The molecule has 1 N–H and O–H groups in total. The number of fused-ring (bicyclic) bond motifs is 1. The number of benzene rings is 1. The number of sulfone groups is 1. The van der Waals surface area contributed by atoms with Crippen molar-refractivity contribution in [2.24, 2.45) is 0 Å². The number of rotatable bonds is 4. The van der Waals surface area contributed by atoms with E-state index in [0.29, 0.717) is 18.7 Å². The predicted molar refractivity (Wildman–Crippen MR) is 86.7 cm³/mol. The number of carbonyl (C=O) groups excluding carboxylic acids is 1. The maximum Gasteiger partial charge on any atom is 0.270 e. The second-order valence-electron chi connectivity index (χ2n) is 5.83. The molecule has 0 bridgehead atoms. The van der Waals surface area contributed by atoms with Gasteiger partial charge in [0.25, 0.3) is 5.91 Å². The minimum absolute atomic E-state index is 0.0823. The Labute approximate surface area is 130 Å². The highest BCUT2D eigenvalue weighted by atomic mass is 32.2. The third-order valence-corrected chi connectivity index (χ3v) is 5.89. The lowest BCUT2D eigenvalue weighted by Crippen LogP contribution is -2.41. The van der Waals surface area contributed by atoms with Crippen molar-refractivity contribution < 1.29 is 13.2 Å². The van der Waals surface area contributed by atoms with Gasteiger partial charge in [-0.25, -0.2) is 8.42 Å². The first-order valence-corrected chi connectivity index (χ1v) is 9.41. The van der Waals surface area contributed by atoms with Crippen LogP contribution < -0.4 is 0 Å². The first-order valence-electron chi connectivity index (χ1n) is 7.59. The fourth-order valence-corrected chi connectivity index (χ4v) is 4.79. The molecule has 3 rings (SSSR count). The smallest absolute Gasteiger partial charge is 0.270 e. The van der Waals surface area contributed by atoms with E-state index in [0.717, 1.165) is 17.3 Å². The van der Waals surface area contributed by atoms with Crippen molar-refractivity contribution in [3.8, 4) is 0 Å². The number of aromatic nitrogens is 1. The molecule has 1 fully saturated rings. The zero-order valence-corrected chi connectivity index (χ0v) is 13.4. The van der Waals surface area contributed by atoms with Crippen LogP contribution in [0.25, 0.3) is 10.9 Å². The van der Waals surface area contributed by atoms with Gasteiger partial charge in [0, 0.05) is 23.5 Å². The number of amides is 1. The van der Waals surface area contributed by atoms with Gasteiger partial charge in [-0.15, -0.1) is 0 Å². The molecule has 22 heavy (non-hydrogen) atoms. The molecule has 1 saturated heterocycles. The van der Waals surface area contributed by atoms with Crippen LogP contribution in [0, 0.1) is 0 Å². The van der Waals surface area contributed by atoms with Crippen LogP contribution in [0.2, 0.25) is 0 Å². The van der Waals surface area contributed by atoms with Gasteiger partial charge in [-0.2, -0.15) is 0 Å². The van der Waals surface area contributed by atoms with Gasteiger partial charge in [0.2, 0.25) is 0 Å². The fraction of sp³-hybridized carbons (Fsp3) is 0.438. The van der Waals surface area contributed by atoms with Crippen LogP contribution in [0.3, 0.4) is 0 Å². The zero-order valence-electron chi connectivity index (χ0n) is 12.6. The Kier molecular flexibility index (Phi) is 3.95. The molecule has 1 aromatic carbocycles. The average molecular weight is 320 g/mol. The number of para-hydroxylation sites is 1. The van der Waals surface area contributed by atoms with E-state index in [2.05, 4.69) is 4.98 Å². The Morgan fingerprint density at radius 3 is 2.77 bits per heavy atom. The van der Waals surface area contributed by atoms with Gasteiger partial charge >= 0.3 is 0 Å². The third kappa shape index (κ3) is 2.88. The second-order valence-corrected chi connectivity index (χ2v) is 8.05. The van der Waals surface area contributed by atoms with E-state index in [4.69, 9.17) is 0 Å². The molecular formula is C16H20N2O3S. The number of carbonyl (C=O) groups is 1. The highest BCUT2D eigenvalue weighted by Gasteiger charge is 2.34. The predicted octanol–water partition coefficient (Wildman–Crippen LogP) is 2.21. The minimum Gasteiger partial charge on any atom is -0.351 e. The summed E-state index contributed by atoms with van der Waals surface area (Å²) in [5.41, 5.74) is 1.44. The maximum atomic E-state index is 12.8. The van der Waals surface area contributed by atoms with E-state index in [1.807, 2.05) is 37.3 Å². The number of nitrogens with zero attached hydrogens (tertiary/aromatic N) is 1. The number of nitrogens with one attached hydrogen (secondary N) is 1. The van der Waals surface area contributed by atoms with Gasteiger partial charge in [-0.3, -0.25) is 4.79 Å². The van der Waals surface area contributed by atoms with Crippen LogP contribution in [0.15, 0.2) is 30.3 Å². The summed E-state index contributed by atoms with van der Waals surface area (Å²) in [5.74, 6) is 0.150. The van der Waals surface area contributed by atoms with E-state index in [9.17, 15) is 13.2 Å². The standard InChI is InChI=1S/C16H20N2O3S/c1-2-8-18(13-7-9-22(20,21)11-13)16(19)15-10-12-5-3-4-6-14(12)17-15/h3-6,10,13,17H,2,7-9,11H2,1H3. The Balaban J connectivity index is 1.89. The molecule has 1 aliphatic heterocycles. The van der Waals surface area contributed by atoms with Crippen LogP contribution >= 0.6 is 0 Å². The molecule has 2 aromatic rings. The van der Waals surface area contributed by atoms with Crippen LogP contribution in [0.1, 0.15) is 30.3 Å². The molecule has 1 aliphatic rings. The number of hydrogen-bond acceptors (Lipinski definition) is 3. The lowest BCUT2D eigenvalue weighted by molar-refractivity contribution is 0.0692. The first-order chi connectivity index (χ1) is 10.5. The summed E-state index contributed by atoms with van der Waals surface area (Å²) in [4.78, 5) is 17.7. The molecule has 0 radical (unpaired) electrons. The molecule has 6 heteroatoms. The van der Waals surface area contributed by atoms with Crippen LogP contribution in [0.4, 0.5) is 0 Å². The SMILES string of the molecule is CCCN(C(=O)c1cc2ccccc2[nH]1)C1CCS(=O)(=O)C1. The van der Waals surface area contributed by atoms with E-state index in [1.165, 1.54) is 0 Å². The molecule has 0 saturated carbocycles. The van der Waals surface area contributed by atoms with Gasteiger partial charge in [0.15, 0.2) is 9.84 Å².